The molecule has 29 heavy (non-hydrogen) atoms. The fourth-order valence-corrected chi connectivity index (χ4v) is 3.72. The Morgan fingerprint density at radius 1 is 1.24 bits per heavy atom. The molecule has 2 aromatic carbocycles. The molecule has 1 N–H and O–H groups in total. The second kappa shape index (κ2) is 8.25. The van der Waals surface area contributed by atoms with Gasteiger partial charge in [0.2, 0.25) is 11.7 Å². The van der Waals surface area contributed by atoms with E-state index in [4.69, 9.17) is 16.1 Å². The number of piperidine rings is 1. The Hall–Kier alpha value is -2.86. The zero-order valence-corrected chi connectivity index (χ0v) is 17.2. The first-order valence-electron chi connectivity index (χ1n) is 9.72. The second-order valence-corrected chi connectivity index (χ2v) is 7.91. The van der Waals surface area contributed by atoms with Gasteiger partial charge in [0.15, 0.2) is 0 Å². The van der Waals surface area contributed by atoms with Gasteiger partial charge in [0, 0.05) is 29.4 Å². The Kier molecular flexibility index (Phi) is 5.53. The van der Waals surface area contributed by atoms with Gasteiger partial charge in [-0.15, -0.1) is 0 Å². The maximum Gasteiger partial charge on any atom is 0.321 e. The maximum atomic E-state index is 12.7. The number of nitrogens with one attached hydrogen (secondary N) is 1. The number of carbonyl (C=O) groups is 1. The molecule has 0 saturated carbocycles. The van der Waals surface area contributed by atoms with Crippen LogP contribution in [0.3, 0.4) is 0 Å². The smallest absolute Gasteiger partial charge is 0.321 e. The van der Waals surface area contributed by atoms with E-state index in [1.807, 2.05) is 50.2 Å². The Balaban J connectivity index is 1.44. The van der Waals surface area contributed by atoms with Crippen LogP contribution >= 0.6 is 11.6 Å². The van der Waals surface area contributed by atoms with Crippen molar-refractivity contribution in [2.24, 2.45) is 0 Å². The zero-order valence-electron chi connectivity index (χ0n) is 16.5. The van der Waals surface area contributed by atoms with E-state index in [2.05, 4.69) is 15.5 Å². The van der Waals surface area contributed by atoms with E-state index in [-0.39, 0.29) is 11.9 Å². The summed E-state index contributed by atoms with van der Waals surface area (Å²) in [5, 5.41) is 7.70. The summed E-state index contributed by atoms with van der Waals surface area (Å²) in [4.78, 5) is 19.1. The molecule has 0 bridgehead atoms. The molecule has 1 fully saturated rings. The predicted octanol–water partition coefficient (Wildman–Crippen LogP) is 5.42. The van der Waals surface area contributed by atoms with Gasteiger partial charge in [0.05, 0.1) is 5.92 Å². The van der Waals surface area contributed by atoms with Crippen LogP contribution in [0.1, 0.15) is 35.8 Å². The van der Waals surface area contributed by atoms with Gasteiger partial charge in [-0.25, -0.2) is 4.79 Å². The van der Waals surface area contributed by atoms with Crippen LogP contribution in [0.5, 0.6) is 0 Å². The maximum absolute atomic E-state index is 12.7. The number of likely N-dealkylation sites (tertiary alicyclic amines) is 1. The van der Waals surface area contributed by atoms with Crippen LogP contribution in [0, 0.1) is 13.8 Å². The van der Waals surface area contributed by atoms with Crippen molar-refractivity contribution in [2.75, 3.05) is 18.4 Å². The lowest BCUT2D eigenvalue weighted by atomic mass is 9.98. The summed E-state index contributed by atoms with van der Waals surface area (Å²) in [6.45, 7) is 5.20. The van der Waals surface area contributed by atoms with Crippen molar-refractivity contribution < 1.29 is 9.32 Å². The quantitative estimate of drug-likeness (QED) is 0.625. The summed E-state index contributed by atoms with van der Waals surface area (Å²) in [6.07, 6.45) is 1.80. The lowest BCUT2D eigenvalue weighted by molar-refractivity contribution is 0.184. The Labute approximate surface area is 174 Å². The molecule has 2 amide bonds. The summed E-state index contributed by atoms with van der Waals surface area (Å²) in [6, 6.07) is 13.4. The Bertz CT molecular complexity index is 1030. The minimum absolute atomic E-state index is 0.0298. The fraction of sp³-hybridized carbons (Fsp3) is 0.318. The molecule has 2 heterocycles. The molecule has 4 rings (SSSR count). The highest BCUT2D eigenvalue weighted by Gasteiger charge is 2.29. The number of rotatable bonds is 3. The molecular weight excluding hydrogens is 388 g/mol. The summed E-state index contributed by atoms with van der Waals surface area (Å²) in [7, 11) is 0. The molecule has 1 aromatic heterocycles. The first-order valence-corrected chi connectivity index (χ1v) is 10.1. The van der Waals surface area contributed by atoms with E-state index in [9.17, 15) is 4.79 Å². The normalized spacial score (nSPS) is 16.7. The summed E-state index contributed by atoms with van der Waals surface area (Å²) < 4.78 is 5.54. The van der Waals surface area contributed by atoms with Crippen molar-refractivity contribution in [3.63, 3.8) is 0 Å². The number of nitrogens with zero attached hydrogens (tertiary/aromatic N) is 3. The van der Waals surface area contributed by atoms with Crippen molar-refractivity contribution >= 4 is 23.3 Å². The number of hydrogen-bond acceptors (Lipinski definition) is 4. The topological polar surface area (TPSA) is 71.3 Å². The number of halogens is 1. The van der Waals surface area contributed by atoms with Crippen molar-refractivity contribution in [1.29, 1.82) is 0 Å². The first kappa shape index (κ1) is 19.5. The average molecular weight is 411 g/mol. The highest BCUT2D eigenvalue weighted by molar-refractivity contribution is 6.31. The highest BCUT2D eigenvalue weighted by Crippen LogP contribution is 2.28. The fourth-order valence-electron chi connectivity index (χ4n) is 3.54. The third-order valence-corrected chi connectivity index (χ3v) is 5.61. The van der Waals surface area contributed by atoms with Crippen molar-refractivity contribution in [3.05, 3.63) is 64.5 Å². The molecule has 0 radical (unpaired) electrons. The van der Waals surface area contributed by atoms with Gasteiger partial charge in [-0.1, -0.05) is 46.6 Å². The number of benzene rings is 2. The molecule has 150 valence electrons. The summed E-state index contributed by atoms with van der Waals surface area (Å²) in [5.41, 5.74) is 3.74. The van der Waals surface area contributed by atoms with Crippen LogP contribution in [0.15, 0.2) is 47.0 Å². The SMILES string of the molecule is Cc1cccc(-c2noc(C3CCCN(C(=O)Nc4ccc(C)c(Cl)c4)C3)n2)c1. The van der Waals surface area contributed by atoms with Gasteiger partial charge < -0.3 is 14.7 Å². The van der Waals surface area contributed by atoms with Crippen molar-refractivity contribution in [3.8, 4) is 11.4 Å². The Morgan fingerprint density at radius 3 is 2.90 bits per heavy atom. The molecule has 1 unspecified atom stereocenters. The van der Waals surface area contributed by atoms with Crippen LogP contribution in [0.25, 0.3) is 11.4 Å². The number of amides is 2. The summed E-state index contributed by atoms with van der Waals surface area (Å²) in [5.74, 6) is 1.19. The summed E-state index contributed by atoms with van der Waals surface area (Å²) >= 11 is 6.16. The third-order valence-electron chi connectivity index (χ3n) is 5.20. The van der Waals surface area contributed by atoms with E-state index < -0.39 is 0 Å². The molecule has 0 spiro atoms. The molecule has 1 saturated heterocycles. The van der Waals surface area contributed by atoms with E-state index in [1.165, 1.54) is 0 Å². The largest absolute Gasteiger partial charge is 0.339 e. The lowest BCUT2D eigenvalue weighted by Crippen LogP contribution is -2.41. The Morgan fingerprint density at radius 2 is 2.10 bits per heavy atom. The lowest BCUT2D eigenvalue weighted by Gasteiger charge is -2.31. The van der Waals surface area contributed by atoms with E-state index in [0.717, 1.165) is 29.5 Å². The van der Waals surface area contributed by atoms with Crippen molar-refractivity contribution in [2.45, 2.75) is 32.6 Å². The molecular formula is C22H23ClN4O2. The molecule has 3 aromatic rings. The van der Waals surface area contributed by atoms with E-state index >= 15 is 0 Å². The molecule has 1 aliphatic heterocycles. The zero-order chi connectivity index (χ0) is 20.4. The number of aryl methyl sites for hydroxylation is 2. The molecule has 1 aliphatic rings. The number of hydrogen-bond donors (Lipinski definition) is 1. The van der Waals surface area contributed by atoms with Crippen LogP contribution in [0.4, 0.5) is 10.5 Å². The second-order valence-electron chi connectivity index (χ2n) is 7.50. The van der Waals surface area contributed by atoms with Gasteiger partial charge in [-0.05, 0) is 50.5 Å². The van der Waals surface area contributed by atoms with Gasteiger partial charge in [0.1, 0.15) is 0 Å². The van der Waals surface area contributed by atoms with E-state index in [0.29, 0.717) is 35.5 Å². The molecule has 0 aliphatic carbocycles. The number of carbonyl (C=O) groups excluding carboxylic acids is 1. The number of anilines is 1. The monoisotopic (exact) mass is 410 g/mol. The first-order chi connectivity index (χ1) is 14.0. The number of aromatic nitrogens is 2. The van der Waals surface area contributed by atoms with Crippen LogP contribution in [-0.2, 0) is 0 Å². The third kappa shape index (κ3) is 4.43. The van der Waals surface area contributed by atoms with Crippen LogP contribution < -0.4 is 5.32 Å². The van der Waals surface area contributed by atoms with Gasteiger partial charge in [-0.2, -0.15) is 4.98 Å². The van der Waals surface area contributed by atoms with Gasteiger partial charge in [0.25, 0.3) is 0 Å². The molecule has 6 nitrogen and oxygen atoms in total. The average Bonchev–Trinajstić information content (AvgIpc) is 3.21. The van der Waals surface area contributed by atoms with Crippen LogP contribution in [0.2, 0.25) is 5.02 Å². The molecule has 7 heteroatoms. The van der Waals surface area contributed by atoms with Gasteiger partial charge >= 0.3 is 6.03 Å². The minimum atomic E-state index is -0.145. The predicted molar refractivity (Wildman–Crippen MR) is 113 cm³/mol. The van der Waals surface area contributed by atoms with Crippen molar-refractivity contribution in [1.82, 2.24) is 15.0 Å². The van der Waals surface area contributed by atoms with Gasteiger partial charge in [-0.3, -0.25) is 0 Å². The van der Waals surface area contributed by atoms with Crippen LogP contribution in [-0.4, -0.2) is 34.2 Å². The highest BCUT2D eigenvalue weighted by atomic mass is 35.5. The minimum Gasteiger partial charge on any atom is -0.339 e. The molecule has 1 atom stereocenters. The van der Waals surface area contributed by atoms with E-state index in [1.54, 1.807) is 11.0 Å². The standard InChI is InChI=1S/C22H23ClN4O2/c1-14-5-3-6-16(11-14)20-25-21(29-26-20)17-7-4-10-27(13-17)22(28)24-18-9-8-15(2)19(23)12-18/h3,5-6,8-9,11-12,17H,4,7,10,13H2,1-2H3,(H,24,28). The number of urea groups is 1.